The first-order chi connectivity index (χ1) is 9.18. The van der Waals surface area contributed by atoms with E-state index in [1.165, 1.54) is 6.42 Å². The third-order valence-electron chi connectivity index (χ3n) is 3.98. The fourth-order valence-corrected chi connectivity index (χ4v) is 2.81. The van der Waals surface area contributed by atoms with Crippen molar-refractivity contribution in [3.05, 3.63) is 42.0 Å². The molecule has 2 aromatic heterocycles. The second kappa shape index (κ2) is 4.74. The van der Waals surface area contributed by atoms with Crippen molar-refractivity contribution in [1.82, 2.24) is 24.8 Å². The molecule has 1 aliphatic rings. The standard InChI is InChI=1S/C14H19N5/c1-11-4-6-16-13(18-11)14(2)5-3-7-19(14)9-12-8-15-10-17-12/h4,6,8,10H,3,5,7,9H2,1-2H3,(H,15,17)/t14-/m1/s1. The second-order valence-electron chi connectivity index (χ2n) is 5.40. The molecule has 5 nitrogen and oxygen atoms in total. The quantitative estimate of drug-likeness (QED) is 0.914. The van der Waals surface area contributed by atoms with Crippen LogP contribution in [0.3, 0.4) is 0 Å². The first kappa shape index (κ1) is 12.3. The summed E-state index contributed by atoms with van der Waals surface area (Å²) in [5, 5.41) is 0. The van der Waals surface area contributed by atoms with Gasteiger partial charge in [-0.1, -0.05) is 0 Å². The summed E-state index contributed by atoms with van der Waals surface area (Å²) in [5.41, 5.74) is 2.09. The summed E-state index contributed by atoms with van der Waals surface area (Å²) in [7, 11) is 0. The van der Waals surface area contributed by atoms with Crippen LogP contribution >= 0.6 is 0 Å². The number of imidazole rings is 1. The van der Waals surface area contributed by atoms with Crippen LogP contribution in [0.2, 0.25) is 0 Å². The fraction of sp³-hybridized carbons (Fsp3) is 0.500. The highest BCUT2D eigenvalue weighted by atomic mass is 15.2. The van der Waals surface area contributed by atoms with E-state index in [1.54, 1.807) is 6.33 Å². The molecular formula is C14H19N5. The number of nitrogens with one attached hydrogen (secondary N) is 1. The molecule has 0 aliphatic carbocycles. The largest absolute Gasteiger partial charge is 0.347 e. The van der Waals surface area contributed by atoms with Crippen LogP contribution in [0.15, 0.2) is 24.8 Å². The average Bonchev–Trinajstić information content (AvgIpc) is 3.02. The number of nitrogens with zero attached hydrogens (tertiary/aromatic N) is 4. The molecule has 5 heteroatoms. The van der Waals surface area contributed by atoms with Crippen LogP contribution in [0.25, 0.3) is 0 Å². The minimum Gasteiger partial charge on any atom is -0.347 e. The predicted molar refractivity (Wildman–Crippen MR) is 72.4 cm³/mol. The van der Waals surface area contributed by atoms with E-state index in [2.05, 4.69) is 31.8 Å². The Hall–Kier alpha value is -1.75. The van der Waals surface area contributed by atoms with Crippen molar-refractivity contribution in [3.63, 3.8) is 0 Å². The van der Waals surface area contributed by atoms with Gasteiger partial charge < -0.3 is 4.98 Å². The van der Waals surface area contributed by atoms with Gasteiger partial charge in [0.25, 0.3) is 0 Å². The van der Waals surface area contributed by atoms with Gasteiger partial charge in [-0.3, -0.25) is 4.90 Å². The van der Waals surface area contributed by atoms with Crippen LogP contribution in [-0.4, -0.2) is 31.4 Å². The molecule has 1 aliphatic heterocycles. The van der Waals surface area contributed by atoms with Crippen molar-refractivity contribution in [2.24, 2.45) is 0 Å². The highest BCUT2D eigenvalue weighted by molar-refractivity contribution is 5.12. The lowest BCUT2D eigenvalue weighted by Gasteiger charge is -2.33. The van der Waals surface area contributed by atoms with Gasteiger partial charge in [-0.25, -0.2) is 15.0 Å². The van der Waals surface area contributed by atoms with Gasteiger partial charge in [0.1, 0.15) is 5.82 Å². The maximum absolute atomic E-state index is 4.63. The molecule has 0 aromatic carbocycles. The third-order valence-corrected chi connectivity index (χ3v) is 3.98. The van der Waals surface area contributed by atoms with Gasteiger partial charge in [-0.15, -0.1) is 0 Å². The molecule has 0 saturated carbocycles. The summed E-state index contributed by atoms with van der Waals surface area (Å²) in [5.74, 6) is 0.935. The third kappa shape index (κ3) is 2.26. The Morgan fingerprint density at radius 1 is 1.47 bits per heavy atom. The van der Waals surface area contributed by atoms with E-state index in [9.17, 15) is 0 Å². The van der Waals surface area contributed by atoms with Crippen LogP contribution in [-0.2, 0) is 12.1 Å². The van der Waals surface area contributed by atoms with E-state index in [0.717, 1.165) is 36.7 Å². The molecule has 100 valence electrons. The van der Waals surface area contributed by atoms with Crippen LogP contribution in [0, 0.1) is 6.92 Å². The lowest BCUT2D eigenvalue weighted by molar-refractivity contribution is 0.136. The minimum atomic E-state index is -0.0723. The van der Waals surface area contributed by atoms with Gasteiger partial charge in [-0.2, -0.15) is 0 Å². The van der Waals surface area contributed by atoms with Gasteiger partial charge in [0.15, 0.2) is 0 Å². The molecular weight excluding hydrogens is 238 g/mol. The van der Waals surface area contributed by atoms with E-state index in [0.29, 0.717) is 0 Å². The molecule has 1 fully saturated rings. The van der Waals surface area contributed by atoms with Crippen molar-refractivity contribution in [1.29, 1.82) is 0 Å². The maximum Gasteiger partial charge on any atom is 0.148 e. The first-order valence-electron chi connectivity index (χ1n) is 6.71. The summed E-state index contributed by atoms with van der Waals surface area (Å²) in [6.45, 7) is 6.20. The Balaban J connectivity index is 1.88. The Morgan fingerprint density at radius 2 is 2.37 bits per heavy atom. The van der Waals surface area contributed by atoms with Gasteiger partial charge in [0.2, 0.25) is 0 Å². The lowest BCUT2D eigenvalue weighted by atomic mass is 9.97. The summed E-state index contributed by atoms with van der Waals surface area (Å²) >= 11 is 0. The van der Waals surface area contributed by atoms with Gasteiger partial charge in [-0.05, 0) is 39.3 Å². The van der Waals surface area contributed by atoms with Gasteiger partial charge >= 0.3 is 0 Å². The Labute approximate surface area is 113 Å². The van der Waals surface area contributed by atoms with Crippen molar-refractivity contribution < 1.29 is 0 Å². The van der Waals surface area contributed by atoms with Gasteiger partial charge in [0.05, 0.1) is 11.9 Å². The number of rotatable bonds is 3. The van der Waals surface area contributed by atoms with E-state index in [-0.39, 0.29) is 5.54 Å². The smallest absolute Gasteiger partial charge is 0.148 e. The molecule has 0 unspecified atom stereocenters. The zero-order valence-corrected chi connectivity index (χ0v) is 11.4. The zero-order valence-electron chi connectivity index (χ0n) is 11.4. The number of aromatic amines is 1. The average molecular weight is 257 g/mol. The highest BCUT2D eigenvalue weighted by Crippen LogP contribution is 2.37. The number of aryl methyl sites for hydroxylation is 1. The molecule has 1 N–H and O–H groups in total. The van der Waals surface area contributed by atoms with Crippen molar-refractivity contribution >= 4 is 0 Å². The van der Waals surface area contributed by atoms with Crippen molar-refractivity contribution in [3.8, 4) is 0 Å². The topological polar surface area (TPSA) is 57.7 Å². The van der Waals surface area contributed by atoms with Gasteiger partial charge in [0, 0.05) is 30.3 Å². The van der Waals surface area contributed by atoms with E-state index < -0.39 is 0 Å². The lowest BCUT2D eigenvalue weighted by Crippen LogP contribution is -2.39. The molecule has 1 saturated heterocycles. The number of H-pyrrole nitrogens is 1. The molecule has 19 heavy (non-hydrogen) atoms. The number of aromatic nitrogens is 4. The summed E-state index contributed by atoms with van der Waals surface area (Å²) in [6.07, 6.45) is 7.75. The van der Waals surface area contributed by atoms with Crippen LogP contribution in [0.1, 0.15) is 37.0 Å². The molecule has 3 rings (SSSR count). The van der Waals surface area contributed by atoms with Crippen molar-refractivity contribution in [2.45, 2.75) is 38.8 Å². The number of hydrogen-bond donors (Lipinski definition) is 1. The van der Waals surface area contributed by atoms with E-state index in [1.807, 2.05) is 25.4 Å². The van der Waals surface area contributed by atoms with E-state index >= 15 is 0 Å². The highest BCUT2D eigenvalue weighted by Gasteiger charge is 2.40. The monoisotopic (exact) mass is 257 g/mol. The van der Waals surface area contributed by atoms with Crippen LogP contribution in [0.5, 0.6) is 0 Å². The summed E-state index contributed by atoms with van der Waals surface area (Å²) in [6, 6.07) is 1.95. The predicted octanol–water partition coefficient (Wildman–Crippen LogP) is 2.02. The maximum atomic E-state index is 4.63. The molecule has 0 bridgehead atoms. The second-order valence-corrected chi connectivity index (χ2v) is 5.40. The molecule has 1 atom stereocenters. The summed E-state index contributed by atoms with van der Waals surface area (Å²) < 4.78 is 0. The zero-order chi connectivity index (χ0) is 13.3. The fourth-order valence-electron chi connectivity index (χ4n) is 2.81. The minimum absolute atomic E-state index is 0.0723. The molecule has 0 amide bonds. The molecule has 0 spiro atoms. The van der Waals surface area contributed by atoms with Crippen LogP contribution in [0.4, 0.5) is 0 Å². The Bertz CT molecular complexity index is 551. The summed E-state index contributed by atoms with van der Waals surface area (Å²) in [4.78, 5) is 18.8. The SMILES string of the molecule is Cc1ccnc([C@@]2(C)CCCN2Cc2cnc[nH]2)n1. The Kier molecular flexibility index (Phi) is 3.06. The molecule has 2 aromatic rings. The van der Waals surface area contributed by atoms with Crippen LogP contribution < -0.4 is 0 Å². The number of likely N-dealkylation sites (tertiary alicyclic amines) is 1. The van der Waals surface area contributed by atoms with E-state index in [4.69, 9.17) is 0 Å². The first-order valence-corrected chi connectivity index (χ1v) is 6.71. The Morgan fingerprint density at radius 3 is 3.11 bits per heavy atom. The normalized spacial score (nSPS) is 23.9. The van der Waals surface area contributed by atoms with Crippen molar-refractivity contribution in [2.75, 3.05) is 6.54 Å². The molecule has 0 radical (unpaired) electrons. The molecule has 3 heterocycles. The number of hydrogen-bond acceptors (Lipinski definition) is 4.